The predicted octanol–water partition coefficient (Wildman–Crippen LogP) is 3.74. The standard InChI is InChI=1S/C23H25N3O3/c1-5-15-6-12-18(13-7-15)25-22(29)19(14-24)20(27)16-8-10-17(11-9-16)21(28)26-23(2,3)4/h6-13,19H,5H2,1-4H3,(H,25,29)(H,26,28). The first-order chi connectivity index (χ1) is 13.6. The molecule has 6 nitrogen and oxygen atoms in total. The van der Waals surface area contributed by atoms with E-state index in [1.54, 1.807) is 18.2 Å². The Labute approximate surface area is 170 Å². The second-order valence-corrected chi connectivity index (χ2v) is 7.75. The molecule has 0 aliphatic rings. The first kappa shape index (κ1) is 21.8. The van der Waals surface area contributed by atoms with Crippen molar-refractivity contribution >= 4 is 23.3 Å². The molecule has 6 heteroatoms. The zero-order valence-corrected chi connectivity index (χ0v) is 17.1. The van der Waals surface area contributed by atoms with E-state index in [-0.39, 0.29) is 17.0 Å². The average Bonchev–Trinajstić information content (AvgIpc) is 2.68. The molecule has 2 rings (SSSR count). The average molecular weight is 391 g/mol. The van der Waals surface area contributed by atoms with Crippen LogP contribution in [-0.4, -0.2) is 23.1 Å². The molecule has 0 aliphatic carbocycles. The summed E-state index contributed by atoms with van der Waals surface area (Å²) in [4.78, 5) is 37.2. The molecule has 2 N–H and O–H groups in total. The van der Waals surface area contributed by atoms with E-state index in [1.165, 1.54) is 24.3 Å². The molecule has 150 valence electrons. The van der Waals surface area contributed by atoms with Gasteiger partial charge in [-0.2, -0.15) is 5.26 Å². The van der Waals surface area contributed by atoms with Crippen LogP contribution in [0.1, 0.15) is 54.0 Å². The number of Topliss-reactive ketones (excluding diaryl/α,β-unsaturated/α-hetero) is 1. The highest BCUT2D eigenvalue weighted by Crippen LogP contribution is 2.15. The number of ketones is 1. The van der Waals surface area contributed by atoms with Crippen molar-refractivity contribution in [3.8, 4) is 6.07 Å². The molecule has 0 heterocycles. The lowest BCUT2D eigenvalue weighted by Crippen LogP contribution is -2.40. The van der Waals surface area contributed by atoms with E-state index in [2.05, 4.69) is 10.6 Å². The first-order valence-corrected chi connectivity index (χ1v) is 9.41. The van der Waals surface area contributed by atoms with Crippen molar-refractivity contribution in [3.63, 3.8) is 0 Å². The summed E-state index contributed by atoms with van der Waals surface area (Å²) in [6.45, 7) is 7.63. The van der Waals surface area contributed by atoms with Gasteiger partial charge < -0.3 is 10.6 Å². The van der Waals surface area contributed by atoms with Crippen molar-refractivity contribution in [2.45, 2.75) is 39.7 Å². The molecule has 2 amide bonds. The van der Waals surface area contributed by atoms with Gasteiger partial charge in [0.2, 0.25) is 5.91 Å². The summed E-state index contributed by atoms with van der Waals surface area (Å²) in [5, 5.41) is 14.8. The number of rotatable bonds is 6. The summed E-state index contributed by atoms with van der Waals surface area (Å²) in [5.41, 5.74) is 1.84. The Morgan fingerprint density at radius 3 is 2.00 bits per heavy atom. The summed E-state index contributed by atoms with van der Waals surface area (Å²) >= 11 is 0. The fraction of sp³-hybridized carbons (Fsp3) is 0.304. The number of nitriles is 1. The molecule has 0 aromatic heterocycles. The van der Waals surface area contributed by atoms with Crippen LogP contribution in [0, 0.1) is 17.2 Å². The van der Waals surface area contributed by atoms with E-state index in [0.29, 0.717) is 11.3 Å². The highest BCUT2D eigenvalue weighted by Gasteiger charge is 2.28. The second-order valence-electron chi connectivity index (χ2n) is 7.75. The molecule has 0 bridgehead atoms. The van der Waals surface area contributed by atoms with Crippen LogP contribution in [-0.2, 0) is 11.2 Å². The van der Waals surface area contributed by atoms with Crippen LogP contribution in [0.25, 0.3) is 0 Å². The van der Waals surface area contributed by atoms with Crippen LogP contribution in [0.5, 0.6) is 0 Å². The van der Waals surface area contributed by atoms with Crippen LogP contribution in [0.3, 0.4) is 0 Å². The van der Waals surface area contributed by atoms with Gasteiger partial charge in [-0.05, 0) is 57.0 Å². The van der Waals surface area contributed by atoms with Crippen molar-refractivity contribution in [3.05, 3.63) is 65.2 Å². The van der Waals surface area contributed by atoms with E-state index in [1.807, 2.05) is 39.8 Å². The Morgan fingerprint density at radius 2 is 1.52 bits per heavy atom. The Balaban J connectivity index is 2.10. The van der Waals surface area contributed by atoms with E-state index in [9.17, 15) is 19.6 Å². The number of carbonyl (C=O) groups excluding carboxylic acids is 3. The number of nitrogens with one attached hydrogen (secondary N) is 2. The fourth-order valence-electron chi connectivity index (χ4n) is 2.64. The summed E-state index contributed by atoms with van der Waals surface area (Å²) in [6.07, 6.45) is 0.872. The van der Waals surface area contributed by atoms with Gasteiger partial charge in [0.15, 0.2) is 11.7 Å². The highest BCUT2D eigenvalue weighted by molar-refractivity contribution is 6.15. The van der Waals surface area contributed by atoms with Gasteiger partial charge in [-0.3, -0.25) is 14.4 Å². The van der Waals surface area contributed by atoms with Gasteiger partial charge in [-0.15, -0.1) is 0 Å². The van der Waals surface area contributed by atoms with Gasteiger partial charge in [-0.25, -0.2) is 0 Å². The van der Waals surface area contributed by atoms with E-state index in [0.717, 1.165) is 12.0 Å². The predicted molar refractivity (Wildman–Crippen MR) is 112 cm³/mol. The number of amides is 2. The molecule has 1 atom stereocenters. The molecule has 0 spiro atoms. The summed E-state index contributed by atoms with van der Waals surface area (Å²) in [6, 6.07) is 14.9. The van der Waals surface area contributed by atoms with E-state index < -0.39 is 17.6 Å². The third kappa shape index (κ3) is 6.01. The minimum Gasteiger partial charge on any atom is -0.347 e. The lowest BCUT2D eigenvalue weighted by molar-refractivity contribution is -0.117. The van der Waals surface area contributed by atoms with Crippen LogP contribution in [0.2, 0.25) is 0 Å². The van der Waals surface area contributed by atoms with Crippen molar-refractivity contribution in [1.29, 1.82) is 5.26 Å². The summed E-state index contributed by atoms with van der Waals surface area (Å²) in [5.74, 6) is -3.04. The lowest BCUT2D eigenvalue weighted by Gasteiger charge is -2.20. The van der Waals surface area contributed by atoms with Gasteiger partial charge in [0, 0.05) is 22.4 Å². The number of hydrogen-bond acceptors (Lipinski definition) is 4. The molecule has 0 aliphatic heterocycles. The van der Waals surface area contributed by atoms with Crippen LogP contribution in [0.4, 0.5) is 5.69 Å². The Kier molecular flexibility index (Phi) is 6.89. The van der Waals surface area contributed by atoms with Crippen molar-refractivity contribution < 1.29 is 14.4 Å². The number of carbonyl (C=O) groups is 3. The topological polar surface area (TPSA) is 99.1 Å². The maximum Gasteiger partial charge on any atom is 0.251 e. The minimum atomic E-state index is -1.48. The fourth-order valence-corrected chi connectivity index (χ4v) is 2.64. The van der Waals surface area contributed by atoms with Gasteiger partial charge in [0.05, 0.1) is 6.07 Å². The molecular formula is C23H25N3O3. The SMILES string of the molecule is CCc1ccc(NC(=O)C(C#N)C(=O)c2ccc(C(=O)NC(C)(C)C)cc2)cc1. The molecule has 29 heavy (non-hydrogen) atoms. The summed E-state index contributed by atoms with van der Waals surface area (Å²) in [7, 11) is 0. The molecule has 0 fully saturated rings. The molecule has 0 saturated heterocycles. The third-order valence-electron chi connectivity index (χ3n) is 4.20. The van der Waals surface area contributed by atoms with Crippen LogP contribution in [0.15, 0.2) is 48.5 Å². The minimum absolute atomic E-state index is 0.195. The quantitative estimate of drug-likeness (QED) is 0.579. The van der Waals surface area contributed by atoms with Gasteiger partial charge in [0.25, 0.3) is 5.91 Å². The van der Waals surface area contributed by atoms with E-state index in [4.69, 9.17) is 0 Å². The second kappa shape index (κ2) is 9.16. The van der Waals surface area contributed by atoms with Crippen molar-refractivity contribution in [2.75, 3.05) is 5.32 Å². The Morgan fingerprint density at radius 1 is 0.966 bits per heavy atom. The normalized spacial score (nSPS) is 11.8. The third-order valence-corrected chi connectivity index (χ3v) is 4.20. The van der Waals surface area contributed by atoms with Gasteiger partial charge in [0.1, 0.15) is 0 Å². The van der Waals surface area contributed by atoms with Crippen molar-refractivity contribution in [2.24, 2.45) is 5.92 Å². The largest absolute Gasteiger partial charge is 0.347 e. The molecule has 1 unspecified atom stereocenters. The number of benzene rings is 2. The molecule has 0 radical (unpaired) electrons. The maximum absolute atomic E-state index is 12.6. The van der Waals surface area contributed by atoms with Crippen LogP contribution < -0.4 is 10.6 Å². The van der Waals surface area contributed by atoms with Crippen LogP contribution >= 0.6 is 0 Å². The Hall–Kier alpha value is -3.46. The molecule has 2 aromatic rings. The van der Waals surface area contributed by atoms with E-state index >= 15 is 0 Å². The number of aryl methyl sites for hydroxylation is 1. The maximum atomic E-state index is 12.6. The van der Waals surface area contributed by atoms with Gasteiger partial charge in [-0.1, -0.05) is 31.2 Å². The number of hydrogen-bond donors (Lipinski definition) is 2. The highest BCUT2D eigenvalue weighted by atomic mass is 16.2. The number of nitrogens with zero attached hydrogens (tertiary/aromatic N) is 1. The zero-order valence-electron chi connectivity index (χ0n) is 17.1. The smallest absolute Gasteiger partial charge is 0.251 e. The first-order valence-electron chi connectivity index (χ1n) is 9.41. The molecule has 0 saturated carbocycles. The molecular weight excluding hydrogens is 366 g/mol. The molecule has 2 aromatic carbocycles. The monoisotopic (exact) mass is 391 g/mol. The van der Waals surface area contributed by atoms with Gasteiger partial charge >= 0.3 is 0 Å². The lowest BCUT2D eigenvalue weighted by atomic mass is 9.96. The Bertz CT molecular complexity index is 933. The zero-order chi connectivity index (χ0) is 21.6. The summed E-state index contributed by atoms with van der Waals surface area (Å²) < 4.78 is 0. The van der Waals surface area contributed by atoms with Crippen molar-refractivity contribution in [1.82, 2.24) is 5.32 Å². The number of anilines is 1.